The Morgan fingerprint density at radius 3 is 2.65 bits per heavy atom. The summed E-state index contributed by atoms with van der Waals surface area (Å²) in [6.07, 6.45) is 0. The van der Waals surface area contributed by atoms with Gasteiger partial charge in [-0.25, -0.2) is 0 Å². The Balaban J connectivity index is 1.55. The van der Waals surface area contributed by atoms with Crippen LogP contribution in [0, 0.1) is 6.92 Å². The van der Waals surface area contributed by atoms with E-state index in [0.717, 1.165) is 28.0 Å². The molecule has 0 saturated carbocycles. The number of aryl methyl sites for hydroxylation is 1. The summed E-state index contributed by atoms with van der Waals surface area (Å²) >= 11 is 6.21. The molecule has 4 rings (SSSR count). The summed E-state index contributed by atoms with van der Waals surface area (Å²) in [4.78, 5) is 17.7. The van der Waals surface area contributed by atoms with Crippen molar-refractivity contribution in [3.8, 4) is 5.75 Å². The van der Waals surface area contributed by atoms with Crippen molar-refractivity contribution in [2.45, 2.75) is 26.6 Å². The Morgan fingerprint density at radius 1 is 1.00 bits per heavy atom. The molecule has 0 unspecified atom stereocenters. The minimum atomic E-state index is -0.0453. The van der Waals surface area contributed by atoms with Crippen LogP contribution in [0.3, 0.4) is 0 Å². The number of hydrogen-bond donors (Lipinski definition) is 1. The lowest BCUT2D eigenvalue weighted by Crippen LogP contribution is -2.29. The summed E-state index contributed by atoms with van der Waals surface area (Å²) in [5.74, 6) is 0.779. The van der Waals surface area contributed by atoms with Crippen molar-refractivity contribution >= 4 is 22.5 Å². The highest BCUT2D eigenvalue weighted by molar-refractivity contribution is 6.31. The van der Waals surface area contributed by atoms with Gasteiger partial charge in [-0.05, 0) is 54.8 Å². The normalized spacial score (nSPS) is 11.0. The third-order valence-corrected chi connectivity index (χ3v) is 5.26. The van der Waals surface area contributed by atoms with Crippen LogP contribution in [-0.4, -0.2) is 16.2 Å². The molecule has 0 atom stereocenters. The maximum atomic E-state index is 13.2. The van der Waals surface area contributed by atoms with Gasteiger partial charge in [0.2, 0.25) is 0 Å². The van der Waals surface area contributed by atoms with E-state index < -0.39 is 0 Å². The van der Waals surface area contributed by atoms with E-state index in [2.05, 4.69) is 10.3 Å². The van der Waals surface area contributed by atoms with E-state index in [-0.39, 0.29) is 5.56 Å². The van der Waals surface area contributed by atoms with E-state index in [0.29, 0.717) is 36.8 Å². The van der Waals surface area contributed by atoms with Crippen molar-refractivity contribution in [2.24, 2.45) is 0 Å². The Kier molecular flexibility index (Phi) is 6.65. The Bertz CT molecular complexity index is 1240. The topological polar surface area (TPSA) is 56.2 Å². The van der Waals surface area contributed by atoms with Gasteiger partial charge in [0.1, 0.15) is 12.4 Å². The second-order valence-electron chi connectivity index (χ2n) is 7.36. The molecule has 0 aliphatic rings. The van der Waals surface area contributed by atoms with Crippen LogP contribution < -0.4 is 15.6 Å². The molecule has 158 valence electrons. The van der Waals surface area contributed by atoms with Crippen LogP contribution in [-0.2, 0) is 19.6 Å². The third-order valence-electron chi connectivity index (χ3n) is 5.03. The fourth-order valence-electron chi connectivity index (χ4n) is 3.55. The lowest BCUT2D eigenvalue weighted by molar-refractivity contribution is 0.298. The molecule has 0 radical (unpaired) electrons. The van der Waals surface area contributed by atoms with Gasteiger partial charge in [0.05, 0.1) is 17.8 Å². The molecule has 4 aromatic rings. The number of pyridine rings is 2. The van der Waals surface area contributed by atoms with Gasteiger partial charge in [0, 0.05) is 29.4 Å². The summed E-state index contributed by atoms with van der Waals surface area (Å²) in [5.41, 5.74) is 3.38. The van der Waals surface area contributed by atoms with Crippen LogP contribution in [0.2, 0.25) is 5.02 Å². The molecule has 0 aliphatic carbocycles. The first kappa shape index (κ1) is 21.1. The minimum Gasteiger partial charge on any atom is -0.492 e. The first-order valence-corrected chi connectivity index (χ1v) is 10.6. The first-order valence-electron chi connectivity index (χ1n) is 10.2. The van der Waals surface area contributed by atoms with Crippen molar-refractivity contribution in [1.82, 2.24) is 14.9 Å². The lowest BCUT2D eigenvalue weighted by atomic mass is 10.1. The SMILES string of the molecule is Cc1cccc(CNCc2cc3ccc(Cl)cc3n(CCOc3ccccc3)c2=O)n1. The third kappa shape index (κ3) is 5.32. The van der Waals surface area contributed by atoms with Crippen LogP contribution in [0.5, 0.6) is 5.75 Å². The van der Waals surface area contributed by atoms with Crippen molar-refractivity contribution in [3.05, 3.63) is 105 Å². The standard InChI is InChI=1S/C25H24ClN3O2/c1-18-6-5-7-22(28-18)17-27-16-20-14-19-10-11-21(26)15-24(19)29(25(20)30)12-13-31-23-8-3-2-4-9-23/h2-11,14-15,27H,12-13,16-17H2,1H3. The zero-order valence-corrected chi connectivity index (χ0v) is 18.1. The van der Waals surface area contributed by atoms with E-state index >= 15 is 0 Å². The maximum absolute atomic E-state index is 13.2. The monoisotopic (exact) mass is 433 g/mol. The molecule has 0 saturated heterocycles. The second-order valence-corrected chi connectivity index (χ2v) is 7.80. The summed E-state index contributed by atoms with van der Waals surface area (Å²) in [5, 5.41) is 4.90. The molecule has 2 aromatic heterocycles. The minimum absolute atomic E-state index is 0.0453. The van der Waals surface area contributed by atoms with Gasteiger partial charge in [-0.1, -0.05) is 41.9 Å². The number of nitrogens with zero attached hydrogens (tertiary/aromatic N) is 2. The quantitative estimate of drug-likeness (QED) is 0.436. The van der Waals surface area contributed by atoms with Crippen LogP contribution in [0.15, 0.2) is 77.6 Å². The van der Waals surface area contributed by atoms with E-state index in [1.54, 1.807) is 4.57 Å². The molecular formula is C25H24ClN3O2. The molecule has 31 heavy (non-hydrogen) atoms. The zero-order valence-electron chi connectivity index (χ0n) is 17.3. The number of para-hydroxylation sites is 1. The van der Waals surface area contributed by atoms with Gasteiger partial charge < -0.3 is 14.6 Å². The molecule has 0 spiro atoms. The van der Waals surface area contributed by atoms with Gasteiger partial charge in [-0.2, -0.15) is 0 Å². The Morgan fingerprint density at radius 2 is 1.84 bits per heavy atom. The lowest BCUT2D eigenvalue weighted by Gasteiger charge is -2.14. The van der Waals surface area contributed by atoms with Crippen molar-refractivity contribution in [2.75, 3.05) is 6.61 Å². The molecular weight excluding hydrogens is 410 g/mol. The molecule has 1 N–H and O–H groups in total. The molecule has 6 heteroatoms. The molecule has 5 nitrogen and oxygen atoms in total. The number of nitrogens with one attached hydrogen (secondary N) is 1. The van der Waals surface area contributed by atoms with Crippen LogP contribution in [0.25, 0.3) is 10.9 Å². The second kappa shape index (κ2) is 9.77. The predicted molar refractivity (Wildman–Crippen MR) is 125 cm³/mol. The van der Waals surface area contributed by atoms with Gasteiger partial charge in [-0.15, -0.1) is 0 Å². The summed E-state index contributed by atoms with van der Waals surface area (Å²) in [6, 6.07) is 23.1. The number of ether oxygens (including phenoxy) is 1. The summed E-state index contributed by atoms with van der Waals surface area (Å²) in [7, 11) is 0. The fourth-order valence-corrected chi connectivity index (χ4v) is 3.71. The Labute approximate surface area is 186 Å². The molecule has 0 aliphatic heterocycles. The number of rotatable bonds is 8. The number of aromatic nitrogens is 2. The van der Waals surface area contributed by atoms with E-state index in [4.69, 9.17) is 16.3 Å². The van der Waals surface area contributed by atoms with Gasteiger partial charge in [0.25, 0.3) is 5.56 Å². The smallest absolute Gasteiger partial charge is 0.255 e. The highest BCUT2D eigenvalue weighted by atomic mass is 35.5. The molecule has 0 bridgehead atoms. The van der Waals surface area contributed by atoms with E-state index in [1.165, 1.54) is 0 Å². The molecule has 2 aromatic carbocycles. The highest BCUT2D eigenvalue weighted by Gasteiger charge is 2.10. The van der Waals surface area contributed by atoms with Gasteiger partial charge >= 0.3 is 0 Å². The van der Waals surface area contributed by atoms with Gasteiger partial charge in [0.15, 0.2) is 0 Å². The number of benzene rings is 2. The van der Waals surface area contributed by atoms with Crippen molar-refractivity contribution in [1.29, 1.82) is 0 Å². The van der Waals surface area contributed by atoms with Crippen molar-refractivity contribution in [3.63, 3.8) is 0 Å². The largest absolute Gasteiger partial charge is 0.492 e. The van der Waals surface area contributed by atoms with Crippen LogP contribution >= 0.6 is 11.6 Å². The zero-order chi connectivity index (χ0) is 21.6. The molecule has 0 fully saturated rings. The summed E-state index contributed by atoms with van der Waals surface area (Å²) < 4.78 is 7.56. The average molecular weight is 434 g/mol. The number of hydrogen-bond acceptors (Lipinski definition) is 4. The van der Waals surface area contributed by atoms with Gasteiger partial charge in [-0.3, -0.25) is 9.78 Å². The Hall–Kier alpha value is -3.15. The molecule has 2 heterocycles. The molecule has 0 amide bonds. The summed E-state index contributed by atoms with van der Waals surface area (Å²) in [6.45, 7) is 3.82. The van der Waals surface area contributed by atoms with E-state index in [1.807, 2.05) is 79.7 Å². The number of halogens is 1. The number of fused-ring (bicyclic) bond motifs is 1. The van der Waals surface area contributed by atoms with Crippen LogP contribution in [0.4, 0.5) is 0 Å². The predicted octanol–water partition coefficient (Wildman–Crippen LogP) is 4.73. The highest BCUT2D eigenvalue weighted by Crippen LogP contribution is 2.19. The van der Waals surface area contributed by atoms with E-state index in [9.17, 15) is 4.79 Å². The average Bonchev–Trinajstić information content (AvgIpc) is 2.77. The first-order chi connectivity index (χ1) is 15.1. The van der Waals surface area contributed by atoms with Crippen molar-refractivity contribution < 1.29 is 4.74 Å². The van der Waals surface area contributed by atoms with Crippen LogP contribution in [0.1, 0.15) is 17.0 Å². The fraction of sp³-hybridized carbons (Fsp3) is 0.200. The maximum Gasteiger partial charge on any atom is 0.255 e.